The van der Waals surface area contributed by atoms with Crippen LogP contribution in [0, 0.1) is 5.92 Å². The zero-order valence-corrected chi connectivity index (χ0v) is 12.1. The van der Waals surface area contributed by atoms with Gasteiger partial charge in [-0.05, 0) is 30.4 Å². The molecule has 18 heavy (non-hydrogen) atoms. The summed E-state index contributed by atoms with van der Waals surface area (Å²) in [4.78, 5) is 11.7. The van der Waals surface area contributed by atoms with Crippen molar-refractivity contribution < 1.29 is 18.3 Å². The summed E-state index contributed by atoms with van der Waals surface area (Å²) in [5.74, 6) is -1.34. The van der Waals surface area contributed by atoms with Crippen molar-refractivity contribution in [2.45, 2.75) is 23.1 Å². The van der Waals surface area contributed by atoms with E-state index in [0.29, 0.717) is 16.2 Å². The Hall–Kier alpha value is -1.01. The smallest absolute Gasteiger partial charge is 0.306 e. The van der Waals surface area contributed by atoms with E-state index in [1.165, 1.54) is 18.0 Å². The van der Waals surface area contributed by atoms with Crippen molar-refractivity contribution in [1.29, 1.82) is 0 Å². The predicted octanol–water partition coefficient (Wildman–Crippen LogP) is 2.08. The third kappa shape index (κ3) is 3.74. The van der Waals surface area contributed by atoms with Crippen LogP contribution in [0.15, 0.2) is 28.0 Å². The second-order valence-corrected chi connectivity index (χ2v) is 7.03. The molecule has 0 aliphatic rings. The lowest BCUT2D eigenvalue weighted by Crippen LogP contribution is -2.12. The standard InChI is InChI=1S/C12H16O4S2/c1-8(12(13)14)6-9-4-5-11(18(3,15)16)10(7-9)17-2/h4-5,7-8H,6H2,1-3H3,(H,13,14). The van der Waals surface area contributed by atoms with Gasteiger partial charge in [0.25, 0.3) is 0 Å². The van der Waals surface area contributed by atoms with Crippen LogP contribution in [0.2, 0.25) is 0 Å². The minimum Gasteiger partial charge on any atom is -0.481 e. The minimum absolute atomic E-state index is 0.293. The lowest BCUT2D eigenvalue weighted by atomic mass is 10.0. The number of rotatable bonds is 5. The molecule has 6 heteroatoms. The van der Waals surface area contributed by atoms with Crippen LogP contribution in [0.1, 0.15) is 12.5 Å². The Labute approximate surface area is 111 Å². The largest absolute Gasteiger partial charge is 0.481 e. The fourth-order valence-corrected chi connectivity index (χ4v) is 3.57. The summed E-state index contributed by atoms with van der Waals surface area (Å²) in [6.45, 7) is 1.63. The molecule has 1 atom stereocenters. The fraction of sp³-hybridized carbons (Fsp3) is 0.417. The summed E-state index contributed by atoms with van der Waals surface area (Å²) in [7, 11) is -3.24. The maximum Gasteiger partial charge on any atom is 0.306 e. The topological polar surface area (TPSA) is 71.4 Å². The summed E-state index contributed by atoms with van der Waals surface area (Å²) in [6.07, 6.45) is 3.36. The molecule has 0 aliphatic heterocycles. The van der Waals surface area contributed by atoms with Gasteiger partial charge in [0, 0.05) is 11.2 Å². The summed E-state index contributed by atoms with van der Waals surface area (Å²) in [5.41, 5.74) is 0.835. The Kier molecular flexibility index (Phi) is 4.81. The quantitative estimate of drug-likeness (QED) is 0.840. The SMILES string of the molecule is CSc1cc(CC(C)C(=O)O)ccc1S(C)(=O)=O. The van der Waals surface area contributed by atoms with Gasteiger partial charge in [0.05, 0.1) is 10.8 Å². The average Bonchev–Trinajstić information content (AvgIpc) is 2.27. The van der Waals surface area contributed by atoms with Gasteiger partial charge in [-0.3, -0.25) is 4.79 Å². The van der Waals surface area contributed by atoms with E-state index in [9.17, 15) is 13.2 Å². The molecule has 1 aromatic rings. The third-order valence-corrected chi connectivity index (χ3v) is 4.65. The van der Waals surface area contributed by atoms with Gasteiger partial charge in [0.15, 0.2) is 9.84 Å². The third-order valence-electron chi connectivity index (χ3n) is 2.59. The molecule has 0 aliphatic carbocycles. The van der Waals surface area contributed by atoms with Gasteiger partial charge in [-0.1, -0.05) is 13.0 Å². The van der Waals surface area contributed by atoms with E-state index in [1.54, 1.807) is 31.4 Å². The van der Waals surface area contributed by atoms with Gasteiger partial charge in [-0.25, -0.2) is 8.42 Å². The number of carbonyl (C=O) groups is 1. The summed E-state index contributed by atoms with van der Waals surface area (Å²) in [5, 5.41) is 8.85. The minimum atomic E-state index is -3.24. The molecule has 1 aromatic carbocycles. The van der Waals surface area contributed by atoms with Crippen LogP contribution in [-0.2, 0) is 21.1 Å². The first-order valence-electron chi connectivity index (χ1n) is 5.35. The maximum absolute atomic E-state index is 11.5. The van der Waals surface area contributed by atoms with Crippen molar-refractivity contribution in [3.63, 3.8) is 0 Å². The molecule has 0 saturated carbocycles. The molecular formula is C12H16O4S2. The Morgan fingerprint density at radius 1 is 1.44 bits per heavy atom. The predicted molar refractivity (Wildman–Crippen MR) is 71.8 cm³/mol. The van der Waals surface area contributed by atoms with Crippen LogP contribution >= 0.6 is 11.8 Å². The van der Waals surface area contributed by atoms with Gasteiger partial charge in [-0.15, -0.1) is 11.8 Å². The number of benzene rings is 1. The average molecular weight is 288 g/mol. The van der Waals surface area contributed by atoms with Crippen molar-refractivity contribution in [2.75, 3.05) is 12.5 Å². The molecular weight excluding hydrogens is 272 g/mol. The summed E-state index contributed by atoms with van der Waals surface area (Å²) < 4.78 is 23.1. The second-order valence-electron chi connectivity index (χ2n) is 4.20. The molecule has 0 fully saturated rings. The van der Waals surface area contributed by atoms with Crippen LogP contribution in [0.25, 0.3) is 0 Å². The van der Waals surface area contributed by atoms with Crippen LogP contribution in [0.4, 0.5) is 0 Å². The summed E-state index contributed by atoms with van der Waals surface area (Å²) in [6, 6.07) is 4.97. The number of thioether (sulfide) groups is 1. The van der Waals surface area contributed by atoms with Gasteiger partial charge in [0.2, 0.25) is 0 Å². The van der Waals surface area contributed by atoms with Crippen LogP contribution in [0.3, 0.4) is 0 Å². The van der Waals surface area contributed by atoms with Gasteiger partial charge < -0.3 is 5.11 Å². The van der Waals surface area contributed by atoms with Crippen LogP contribution < -0.4 is 0 Å². The Bertz CT molecular complexity index is 549. The first-order chi connectivity index (χ1) is 8.25. The van der Waals surface area contributed by atoms with Crippen LogP contribution in [-0.4, -0.2) is 32.0 Å². The molecule has 0 amide bonds. The van der Waals surface area contributed by atoms with E-state index in [1.807, 2.05) is 0 Å². The molecule has 0 saturated heterocycles. The van der Waals surface area contributed by atoms with E-state index in [4.69, 9.17) is 5.11 Å². The molecule has 0 aromatic heterocycles. The fourth-order valence-electron chi connectivity index (χ4n) is 1.59. The zero-order valence-electron chi connectivity index (χ0n) is 10.5. The number of carboxylic acids is 1. The highest BCUT2D eigenvalue weighted by Crippen LogP contribution is 2.26. The van der Waals surface area contributed by atoms with E-state index in [0.717, 1.165) is 5.56 Å². The number of hydrogen-bond donors (Lipinski definition) is 1. The second kappa shape index (κ2) is 5.75. The maximum atomic E-state index is 11.5. The molecule has 1 N–H and O–H groups in total. The molecule has 0 heterocycles. The zero-order chi connectivity index (χ0) is 13.9. The van der Waals surface area contributed by atoms with E-state index in [-0.39, 0.29) is 0 Å². The molecule has 1 rings (SSSR count). The van der Waals surface area contributed by atoms with Gasteiger partial charge in [-0.2, -0.15) is 0 Å². The molecule has 0 bridgehead atoms. The van der Waals surface area contributed by atoms with E-state index in [2.05, 4.69) is 0 Å². The van der Waals surface area contributed by atoms with Crippen molar-refractivity contribution >= 4 is 27.6 Å². The Balaban J connectivity index is 3.10. The number of carboxylic acid groups (broad SMARTS) is 1. The Morgan fingerprint density at radius 2 is 2.06 bits per heavy atom. The summed E-state index contributed by atoms with van der Waals surface area (Å²) >= 11 is 1.35. The van der Waals surface area contributed by atoms with Gasteiger partial charge in [0.1, 0.15) is 0 Å². The normalized spacial score (nSPS) is 13.3. The Morgan fingerprint density at radius 3 is 2.50 bits per heavy atom. The number of hydrogen-bond acceptors (Lipinski definition) is 4. The first-order valence-corrected chi connectivity index (χ1v) is 8.47. The van der Waals surface area contributed by atoms with E-state index >= 15 is 0 Å². The molecule has 100 valence electrons. The molecule has 4 nitrogen and oxygen atoms in total. The number of sulfone groups is 1. The van der Waals surface area contributed by atoms with Crippen molar-refractivity contribution in [2.24, 2.45) is 5.92 Å². The van der Waals surface area contributed by atoms with Crippen molar-refractivity contribution in [1.82, 2.24) is 0 Å². The number of aliphatic carboxylic acids is 1. The van der Waals surface area contributed by atoms with Crippen molar-refractivity contribution in [3.8, 4) is 0 Å². The highest BCUT2D eigenvalue weighted by atomic mass is 32.2. The molecule has 1 unspecified atom stereocenters. The van der Waals surface area contributed by atoms with E-state index < -0.39 is 21.7 Å². The first kappa shape index (κ1) is 15.0. The van der Waals surface area contributed by atoms with Crippen molar-refractivity contribution in [3.05, 3.63) is 23.8 Å². The van der Waals surface area contributed by atoms with Crippen LogP contribution in [0.5, 0.6) is 0 Å². The highest BCUT2D eigenvalue weighted by molar-refractivity contribution is 7.99. The molecule has 0 radical (unpaired) electrons. The van der Waals surface area contributed by atoms with Gasteiger partial charge >= 0.3 is 5.97 Å². The highest BCUT2D eigenvalue weighted by Gasteiger charge is 2.16. The monoisotopic (exact) mass is 288 g/mol. The molecule has 0 spiro atoms. The lowest BCUT2D eigenvalue weighted by Gasteiger charge is -2.10. The lowest BCUT2D eigenvalue weighted by molar-refractivity contribution is -0.141.